The monoisotopic (exact) mass is 391 g/mol. The van der Waals surface area contributed by atoms with Gasteiger partial charge in [-0.05, 0) is 24.3 Å². The molecule has 1 N–H and O–H groups in total. The predicted octanol–water partition coefficient (Wildman–Crippen LogP) is 2.72. The highest BCUT2D eigenvalue weighted by atomic mass is 35.5. The lowest BCUT2D eigenvalue weighted by Gasteiger charge is -2.07. The molecular weight excluding hydrogens is 378 g/mol. The molecule has 0 saturated carbocycles. The molecular formula is C17H14ClN3O4S. The summed E-state index contributed by atoms with van der Waals surface area (Å²) in [5.41, 5.74) is 0.742. The number of carbonyl (C=O) groups excluding carboxylic acids is 1. The Morgan fingerprint density at radius 2 is 1.96 bits per heavy atom. The molecule has 1 amide bonds. The molecule has 26 heavy (non-hydrogen) atoms. The zero-order valence-electron chi connectivity index (χ0n) is 13.6. The predicted molar refractivity (Wildman–Crippen MR) is 95.5 cm³/mol. The van der Waals surface area contributed by atoms with Crippen molar-refractivity contribution in [2.24, 2.45) is 0 Å². The molecule has 0 aliphatic rings. The molecule has 0 aliphatic carbocycles. The maximum Gasteiger partial charge on any atom is 0.253 e. The van der Waals surface area contributed by atoms with Crippen LogP contribution in [0.1, 0.15) is 16.2 Å². The van der Waals surface area contributed by atoms with Gasteiger partial charge in [0.05, 0.1) is 17.0 Å². The van der Waals surface area contributed by atoms with Gasteiger partial charge in [-0.15, -0.1) is 0 Å². The summed E-state index contributed by atoms with van der Waals surface area (Å²) in [6.45, 7) is -0.0372. The van der Waals surface area contributed by atoms with E-state index in [0.29, 0.717) is 16.4 Å². The number of amides is 1. The molecule has 3 aromatic rings. The van der Waals surface area contributed by atoms with Crippen molar-refractivity contribution < 1.29 is 17.7 Å². The second-order valence-electron chi connectivity index (χ2n) is 5.47. The molecule has 0 bridgehead atoms. The van der Waals surface area contributed by atoms with Gasteiger partial charge >= 0.3 is 0 Å². The number of halogens is 1. The fourth-order valence-corrected chi connectivity index (χ4v) is 3.38. The smallest absolute Gasteiger partial charge is 0.253 e. The van der Waals surface area contributed by atoms with Crippen molar-refractivity contribution in [1.29, 1.82) is 0 Å². The Balaban J connectivity index is 1.74. The van der Waals surface area contributed by atoms with E-state index in [2.05, 4.69) is 15.5 Å². The number of hydrogen-bond acceptors (Lipinski definition) is 6. The molecule has 0 saturated heterocycles. The Bertz CT molecular complexity index is 1060. The van der Waals surface area contributed by atoms with Gasteiger partial charge in [-0.25, -0.2) is 8.42 Å². The average Bonchev–Trinajstić information content (AvgIpc) is 3.08. The first kappa shape index (κ1) is 18.1. The van der Waals surface area contributed by atoms with Gasteiger partial charge in [0.2, 0.25) is 11.7 Å². The fraction of sp³-hybridized carbons (Fsp3) is 0.118. The van der Waals surface area contributed by atoms with E-state index >= 15 is 0 Å². The van der Waals surface area contributed by atoms with E-state index in [4.69, 9.17) is 16.1 Å². The number of hydrogen-bond donors (Lipinski definition) is 1. The fourth-order valence-electron chi connectivity index (χ4n) is 2.30. The van der Waals surface area contributed by atoms with Gasteiger partial charge in [0.1, 0.15) is 0 Å². The highest BCUT2D eigenvalue weighted by Gasteiger charge is 2.18. The average molecular weight is 392 g/mol. The minimum Gasteiger partial charge on any atom is -0.343 e. The van der Waals surface area contributed by atoms with Gasteiger partial charge in [0, 0.05) is 16.8 Å². The molecule has 3 rings (SSSR count). The lowest BCUT2D eigenvalue weighted by Crippen LogP contribution is -2.24. The number of sulfone groups is 1. The number of carbonyl (C=O) groups is 1. The third-order valence-corrected chi connectivity index (χ3v) is 4.87. The zero-order chi connectivity index (χ0) is 18.7. The van der Waals surface area contributed by atoms with Gasteiger partial charge in [0.15, 0.2) is 9.84 Å². The minimum absolute atomic E-state index is 0.0372. The van der Waals surface area contributed by atoms with Crippen LogP contribution in [0.5, 0.6) is 0 Å². The lowest BCUT2D eigenvalue weighted by atomic mass is 10.2. The Morgan fingerprint density at radius 3 is 2.69 bits per heavy atom. The van der Waals surface area contributed by atoms with Crippen molar-refractivity contribution in [3.63, 3.8) is 0 Å². The van der Waals surface area contributed by atoms with Crippen LogP contribution in [-0.4, -0.2) is 30.7 Å². The van der Waals surface area contributed by atoms with Crippen LogP contribution in [0, 0.1) is 0 Å². The normalized spacial score (nSPS) is 11.3. The third-order valence-electron chi connectivity index (χ3n) is 3.48. The molecule has 0 fully saturated rings. The Morgan fingerprint density at radius 1 is 1.19 bits per heavy atom. The van der Waals surface area contributed by atoms with Crippen molar-refractivity contribution in [2.75, 3.05) is 6.26 Å². The first-order chi connectivity index (χ1) is 12.3. The molecule has 2 aromatic carbocycles. The molecule has 0 atom stereocenters. The van der Waals surface area contributed by atoms with Gasteiger partial charge in [-0.3, -0.25) is 4.79 Å². The highest BCUT2D eigenvalue weighted by molar-refractivity contribution is 7.90. The summed E-state index contributed by atoms with van der Waals surface area (Å²) >= 11 is 5.93. The van der Waals surface area contributed by atoms with E-state index < -0.39 is 15.7 Å². The van der Waals surface area contributed by atoms with E-state index in [0.717, 1.165) is 6.26 Å². The maximum atomic E-state index is 12.3. The van der Waals surface area contributed by atoms with E-state index in [-0.39, 0.29) is 22.9 Å². The van der Waals surface area contributed by atoms with Crippen LogP contribution in [0.25, 0.3) is 11.4 Å². The van der Waals surface area contributed by atoms with Crippen LogP contribution in [0.2, 0.25) is 5.02 Å². The van der Waals surface area contributed by atoms with Crippen LogP contribution >= 0.6 is 11.6 Å². The minimum atomic E-state index is -3.52. The van der Waals surface area contributed by atoms with E-state index in [1.54, 1.807) is 36.4 Å². The van der Waals surface area contributed by atoms with Crippen LogP contribution < -0.4 is 5.32 Å². The molecule has 0 aliphatic heterocycles. The van der Waals surface area contributed by atoms with Crippen LogP contribution in [-0.2, 0) is 16.4 Å². The van der Waals surface area contributed by atoms with Crippen molar-refractivity contribution in [3.05, 3.63) is 65.0 Å². The summed E-state index contributed by atoms with van der Waals surface area (Å²) in [4.78, 5) is 16.5. The van der Waals surface area contributed by atoms with Crippen LogP contribution in [0.4, 0.5) is 0 Å². The molecule has 0 spiro atoms. The summed E-state index contributed by atoms with van der Waals surface area (Å²) in [5.74, 6) is -0.0213. The first-order valence-corrected chi connectivity index (χ1v) is 9.77. The molecule has 9 heteroatoms. The largest absolute Gasteiger partial charge is 0.343 e. The van der Waals surface area contributed by atoms with Crippen molar-refractivity contribution >= 4 is 27.3 Å². The maximum absolute atomic E-state index is 12.3. The van der Waals surface area contributed by atoms with Gasteiger partial charge in [-0.2, -0.15) is 4.98 Å². The summed E-state index contributed by atoms with van der Waals surface area (Å²) in [6, 6.07) is 12.9. The zero-order valence-corrected chi connectivity index (χ0v) is 15.2. The van der Waals surface area contributed by atoms with Crippen molar-refractivity contribution in [2.45, 2.75) is 11.4 Å². The number of rotatable bonds is 5. The first-order valence-electron chi connectivity index (χ1n) is 7.50. The summed E-state index contributed by atoms with van der Waals surface area (Å²) in [6.07, 6.45) is 1.05. The molecule has 134 valence electrons. The number of nitrogens with zero attached hydrogens (tertiary/aromatic N) is 2. The Kier molecular flexibility index (Phi) is 5.06. The van der Waals surface area contributed by atoms with E-state index in [9.17, 15) is 13.2 Å². The molecule has 7 nitrogen and oxygen atoms in total. The van der Waals surface area contributed by atoms with Crippen molar-refractivity contribution in [3.8, 4) is 11.4 Å². The molecule has 1 aromatic heterocycles. The third kappa shape index (κ3) is 4.09. The lowest BCUT2D eigenvalue weighted by molar-refractivity contribution is 0.0943. The second-order valence-corrected chi connectivity index (χ2v) is 7.89. The van der Waals surface area contributed by atoms with Gasteiger partial charge in [0.25, 0.3) is 5.91 Å². The standard InChI is InChI=1S/C17H14ClN3O4S/c1-26(23,24)14-8-3-2-7-13(14)17(22)19-10-15-20-16(21-25-15)11-5-4-6-12(18)9-11/h2-9H,10H2,1H3,(H,19,22). The number of benzene rings is 2. The molecule has 0 unspecified atom stereocenters. The summed E-state index contributed by atoms with van der Waals surface area (Å²) in [7, 11) is -3.52. The SMILES string of the molecule is CS(=O)(=O)c1ccccc1C(=O)NCc1nc(-c2cccc(Cl)c2)no1. The number of nitrogens with one attached hydrogen (secondary N) is 1. The molecule has 0 radical (unpaired) electrons. The number of aromatic nitrogens is 2. The quantitative estimate of drug-likeness (QED) is 0.717. The summed E-state index contributed by atoms with van der Waals surface area (Å²) in [5, 5.41) is 6.96. The van der Waals surface area contributed by atoms with E-state index in [1.807, 2.05) is 0 Å². The second kappa shape index (κ2) is 7.27. The van der Waals surface area contributed by atoms with Crippen LogP contribution in [0.3, 0.4) is 0 Å². The van der Waals surface area contributed by atoms with Gasteiger partial charge in [-0.1, -0.05) is 41.0 Å². The Hall–Kier alpha value is -2.71. The Labute approximate surface area is 154 Å². The van der Waals surface area contributed by atoms with Gasteiger partial charge < -0.3 is 9.84 Å². The summed E-state index contributed by atoms with van der Waals surface area (Å²) < 4.78 is 28.7. The highest BCUT2D eigenvalue weighted by Crippen LogP contribution is 2.20. The molecule has 1 heterocycles. The van der Waals surface area contributed by atoms with E-state index in [1.165, 1.54) is 12.1 Å². The van der Waals surface area contributed by atoms with Crippen LogP contribution in [0.15, 0.2) is 57.9 Å². The van der Waals surface area contributed by atoms with Crippen molar-refractivity contribution in [1.82, 2.24) is 15.5 Å². The topological polar surface area (TPSA) is 102 Å².